The van der Waals surface area contributed by atoms with Crippen LogP contribution in [0.25, 0.3) is 132 Å². The highest BCUT2D eigenvalue weighted by Crippen LogP contribution is 2.46. The van der Waals surface area contributed by atoms with Crippen LogP contribution >= 0.6 is 0 Å². The smallest absolute Gasteiger partial charge is 0.0788 e. The molecule has 338 valence electrons. The number of aromatic nitrogens is 4. The lowest BCUT2D eigenvalue weighted by molar-refractivity contribution is 1.14. The van der Waals surface area contributed by atoms with Gasteiger partial charge in [-0.15, -0.1) is 0 Å². The number of para-hydroxylation sites is 4. The van der Waals surface area contributed by atoms with Gasteiger partial charge in [-0.25, -0.2) is 0 Å². The molecule has 0 aliphatic carbocycles. The minimum absolute atomic E-state index is 1.13. The highest BCUT2D eigenvalue weighted by Gasteiger charge is 2.24. The highest BCUT2D eigenvalue weighted by atomic mass is 15.0. The Balaban J connectivity index is 0.971. The topological polar surface area (TPSA) is 19.7 Å². The SMILES string of the molecule is Cc1cccc(-n2c3ccccc3c3c4c5ccc(-c6ccc(-n7c8ccccc8c8ccc9c%10ccccc%10n(-c%10ccccc%10)c9c87)cc6C)cc5n(-c5cccc(-c6ccccc6)c5)c4ccc32)c1. The Morgan fingerprint density at radius 2 is 0.736 bits per heavy atom. The van der Waals surface area contributed by atoms with Gasteiger partial charge in [-0.05, 0) is 132 Å². The summed E-state index contributed by atoms with van der Waals surface area (Å²) in [7, 11) is 0. The number of benzene rings is 11. The molecule has 11 aromatic carbocycles. The molecule has 0 amide bonds. The van der Waals surface area contributed by atoms with Crippen molar-refractivity contribution in [2.45, 2.75) is 13.8 Å². The van der Waals surface area contributed by atoms with Crippen LogP contribution in [0.2, 0.25) is 0 Å². The standard InChI is InChI=1S/C68H46N4/c1-43-17-15-23-49(39-43)69-61-30-14-11-27-57(61)65-62(69)37-38-63-66(65)58-33-31-47(42-64(58)70(63)50-24-16-20-46(41-50)45-18-5-3-6-19-45)52-34-32-51(40-44(52)2)72-60-29-13-10-26-54(60)56-36-35-55-53-25-9-12-28-59(53)71(67(55)68(56)72)48-21-7-4-8-22-48/h3-42H,1-2H3. The van der Waals surface area contributed by atoms with Gasteiger partial charge < -0.3 is 18.3 Å². The van der Waals surface area contributed by atoms with Gasteiger partial charge in [0.1, 0.15) is 0 Å². The second-order valence-electron chi connectivity index (χ2n) is 19.4. The summed E-state index contributed by atoms with van der Waals surface area (Å²) in [5.41, 5.74) is 21.4. The predicted octanol–water partition coefficient (Wildman–Crippen LogP) is 18.0. The lowest BCUT2D eigenvalue weighted by atomic mass is 9.98. The van der Waals surface area contributed by atoms with Crippen LogP contribution in [0.15, 0.2) is 243 Å². The van der Waals surface area contributed by atoms with Crippen LogP contribution in [-0.4, -0.2) is 18.3 Å². The summed E-state index contributed by atoms with van der Waals surface area (Å²) in [6.07, 6.45) is 0. The fourth-order valence-corrected chi connectivity index (χ4v) is 12.2. The van der Waals surface area contributed by atoms with Crippen molar-refractivity contribution < 1.29 is 0 Å². The molecule has 15 aromatic rings. The molecule has 4 nitrogen and oxygen atoms in total. The summed E-state index contributed by atoms with van der Waals surface area (Å²) in [6, 6.07) is 89.6. The summed E-state index contributed by atoms with van der Waals surface area (Å²) in [5, 5.41) is 9.99. The zero-order valence-electron chi connectivity index (χ0n) is 39.9. The molecule has 0 fully saturated rings. The number of rotatable bonds is 6. The lowest BCUT2D eigenvalue weighted by Crippen LogP contribution is -1.99. The predicted molar refractivity (Wildman–Crippen MR) is 304 cm³/mol. The van der Waals surface area contributed by atoms with Crippen molar-refractivity contribution in [2.75, 3.05) is 0 Å². The van der Waals surface area contributed by atoms with E-state index < -0.39 is 0 Å². The summed E-state index contributed by atoms with van der Waals surface area (Å²) in [5.74, 6) is 0. The highest BCUT2D eigenvalue weighted by molar-refractivity contribution is 6.29. The van der Waals surface area contributed by atoms with Gasteiger partial charge in [0.05, 0.1) is 44.1 Å². The van der Waals surface area contributed by atoms with E-state index in [2.05, 4.69) is 275 Å². The molecule has 0 bridgehead atoms. The van der Waals surface area contributed by atoms with Gasteiger partial charge in [-0.1, -0.05) is 158 Å². The van der Waals surface area contributed by atoms with E-state index in [1.165, 1.54) is 126 Å². The van der Waals surface area contributed by atoms with Crippen molar-refractivity contribution >= 4 is 87.2 Å². The van der Waals surface area contributed by atoms with E-state index in [9.17, 15) is 0 Å². The van der Waals surface area contributed by atoms with Crippen molar-refractivity contribution in [3.63, 3.8) is 0 Å². The molecule has 15 rings (SSSR count). The number of fused-ring (bicyclic) bond motifs is 14. The molecule has 0 N–H and O–H groups in total. The van der Waals surface area contributed by atoms with Crippen LogP contribution in [0, 0.1) is 13.8 Å². The van der Waals surface area contributed by atoms with Gasteiger partial charge in [0.25, 0.3) is 0 Å². The van der Waals surface area contributed by atoms with Crippen molar-refractivity contribution in [1.82, 2.24) is 18.3 Å². The van der Waals surface area contributed by atoms with Gasteiger partial charge in [0, 0.05) is 65.8 Å². The number of hydrogen-bond acceptors (Lipinski definition) is 0. The third kappa shape index (κ3) is 5.87. The molecule has 4 heterocycles. The molecule has 0 spiro atoms. The van der Waals surface area contributed by atoms with Crippen molar-refractivity contribution in [3.8, 4) is 45.0 Å². The molecule has 72 heavy (non-hydrogen) atoms. The summed E-state index contributed by atoms with van der Waals surface area (Å²) in [6.45, 7) is 4.45. The minimum atomic E-state index is 1.13. The molecular formula is C68H46N4. The van der Waals surface area contributed by atoms with Gasteiger partial charge in [0.15, 0.2) is 0 Å². The Morgan fingerprint density at radius 1 is 0.250 bits per heavy atom. The van der Waals surface area contributed by atoms with Crippen molar-refractivity contribution in [3.05, 3.63) is 254 Å². The molecule has 0 aliphatic rings. The van der Waals surface area contributed by atoms with Crippen LogP contribution in [0.1, 0.15) is 11.1 Å². The average molecular weight is 919 g/mol. The maximum absolute atomic E-state index is 2.50. The van der Waals surface area contributed by atoms with Crippen LogP contribution in [-0.2, 0) is 0 Å². The first kappa shape index (κ1) is 40.5. The monoisotopic (exact) mass is 918 g/mol. The van der Waals surface area contributed by atoms with Gasteiger partial charge in [0.2, 0.25) is 0 Å². The van der Waals surface area contributed by atoms with Crippen LogP contribution in [0.5, 0.6) is 0 Å². The first-order chi connectivity index (χ1) is 35.6. The first-order valence-electron chi connectivity index (χ1n) is 24.9. The molecule has 4 heteroatoms. The Bertz CT molecular complexity index is 4690. The van der Waals surface area contributed by atoms with E-state index in [1.54, 1.807) is 0 Å². The molecule has 0 unspecified atom stereocenters. The molecule has 0 saturated carbocycles. The second-order valence-corrected chi connectivity index (χ2v) is 19.4. The van der Waals surface area contributed by atoms with Crippen LogP contribution in [0.3, 0.4) is 0 Å². The largest absolute Gasteiger partial charge is 0.309 e. The maximum Gasteiger partial charge on any atom is 0.0788 e. The molecule has 0 atom stereocenters. The van der Waals surface area contributed by atoms with Crippen molar-refractivity contribution in [1.29, 1.82) is 0 Å². The number of aryl methyl sites for hydroxylation is 2. The van der Waals surface area contributed by atoms with Crippen molar-refractivity contribution in [2.24, 2.45) is 0 Å². The van der Waals surface area contributed by atoms with Gasteiger partial charge in [-0.2, -0.15) is 0 Å². The van der Waals surface area contributed by atoms with Crippen LogP contribution < -0.4 is 0 Å². The zero-order chi connectivity index (χ0) is 47.6. The Hall–Kier alpha value is -9.38. The summed E-state index contributed by atoms with van der Waals surface area (Å²) < 4.78 is 9.90. The Kier molecular flexibility index (Phi) is 8.75. The summed E-state index contributed by atoms with van der Waals surface area (Å²) >= 11 is 0. The second kappa shape index (κ2) is 15.6. The van der Waals surface area contributed by atoms with E-state index in [0.29, 0.717) is 0 Å². The Morgan fingerprint density at radius 3 is 1.39 bits per heavy atom. The van der Waals surface area contributed by atoms with E-state index in [1.807, 2.05) is 0 Å². The molecule has 4 aromatic heterocycles. The quantitative estimate of drug-likeness (QED) is 0.158. The third-order valence-corrected chi connectivity index (χ3v) is 15.3. The minimum Gasteiger partial charge on any atom is -0.309 e. The maximum atomic E-state index is 2.50. The van der Waals surface area contributed by atoms with E-state index in [-0.39, 0.29) is 0 Å². The molecule has 0 saturated heterocycles. The van der Waals surface area contributed by atoms with E-state index >= 15 is 0 Å². The molecule has 0 aliphatic heterocycles. The first-order valence-corrected chi connectivity index (χ1v) is 24.9. The summed E-state index contributed by atoms with van der Waals surface area (Å²) in [4.78, 5) is 0. The number of hydrogen-bond donors (Lipinski definition) is 0. The Labute approximate surface area is 416 Å². The van der Waals surface area contributed by atoms with Gasteiger partial charge in [-0.3, -0.25) is 0 Å². The average Bonchev–Trinajstić information content (AvgIpc) is 4.16. The zero-order valence-corrected chi connectivity index (χ0v) is 39.9. The van der Waals surface area contributed by atoms with E-state index in [0.717, 1.165) is 17.1 Å². The fourth-order valence-electron chi connectivity index (χ4n) is 12.2. The van der Waals surface area contributed by atoms with Crippen LogP contribution in [0.4, 0.5) is 0 Å². The molecule has 0 radical (unpaired) electrons. The molecular weight excluding hydrogens is 873 g/mol. The van der Waals surface area contributed by atoms with Gasteiger partial charge >= 0.3 is 0 Å². The lowest BCUT2D eigenvalue weighted by Gasteiger charge is -2.15. The normalized spacial score (nSPS) is 12.0. The fraction of sp³-hybridized carbons (Fsp3) is 0.0294. The van der Waals surface area contributed by atoms with E-state index in [4.69, 9.17) is 0 Å². The third-order valence-electron chi connectivity index (χ3n) is 15.3. The number of nitrogens with zero attached hydrogens (tertiary/aromatic N) is 4.